The second-order valence-corrected chi connectivity index (χ2v) is 3.72. The van der Waals surface area contributed by atoms with Crippen molar-refractivity contribution < 1.29 is 24.2 Å². The summed E-state index contributed by atoms with van der Waals surface area (Å²) in [4.78, 5) is 21.9. The lowest BCUT2D eigenvalue weighted by Crippen LogP contribution is -2.27. The van der Waals surface area contributed by atoms with Crippen molar-refractivity contribution >= 4 is 11.9 Å². The third-order valence-corrected chi connectivity index (χ3v) is 2.20. The Morgan fingerprint density at radius 3 is 2.60 bits per heavy atom. The van der Waals surface area contributed by atoms with Crippen molar-refractivity contribution in [3.05, 3.63) is 29.8 Å². The molecular formula is C14H15NO5. The summed E-state index contributed by atoms with van der Waals surface area (Å²) < 4.78 is 9.97. The molecule has 2 N–H and O–H groups in total. The highest BCUT2D eigenvalue weighted by Crippen LogP contribution is 2.11. The summed E-state index contributed by atoms with van der Waals surface area (Å²) in [5.41, 5.74) is 0.469. The number of ether oxygens (including phenoxy) is 2. The molecule has 0 aliphatic heterocycles. The van der Waals surface area contributed by atoms with Crippen LogP contribution in [0.4, 0.5) is 0 Å². The van der Waals surface area contributed by atoms with Crippen LogP contribution in [0.1, 0.15) is 10.4 Å². The van der Waals surface area contributed by atoms with Crippen molar-refractivity contribution in [2.24, 2.45) is 0 Å². The molecule has 0 unspecified atom stereocenters. The van der Waals surface area contributed by atoms with Crippen molar-refractivity contribution in [3.8, 4) is 18.1 Å². The molecule has 0 radical (unpaired) electrons. The number of amides is 1. The molecule has 20 heavy (non-hydrogen) atoms. The number of carboxylic acids is 1. The molecule has 6 heteroatoms. The maximum absolute atomic E-state index is 11.7. The third-order valence-electron chi connectivity index (χ3n) is 2.20. The fraction of sp³-hybridized carbons (Fsp3) is 0.286. The number of benzene rings is 1. The van der Waals surface area contributed by atoms with Gasteiger partial charge in [0.2, 0.25) is 0 Å². The van der Waals surface area contributed by atoms with Gasteiger partial charge in [0, 0.05) is 12.1 Å². The van der Waals surface area contributed by atoms with E-state index >= 15 is 0 Å². The maximum atomic E-state index is 11.7. The number of hydrogen-bond donors (Lipinski definition) is 2. The van der Waals surface area contributed by atoms with E-state index < -0.39 is 5.97 Å². The summed E-state index contributed by atoms with van der Waals surface area (Å²) in [6, 6.07) is 6.51. The Labute approximate surface area is 116 Å². The molecule has 0 bridgehead atoms. The van der Waals surface area contributed by atoms with Gasteiger partial charge in [-0.05, 0) is 24.3 Å². The first-order valence-electron chi connectivity index (χ1n) is 5.87. The van der Waals surface area contributed by atoms with Gasteiger partial charge in [0.05, 0.1) is 6.61 Å². The van der Waals surface area contributed by atoms with Gasteiger partial charge in [0.15, 0.2) is 0 Å². The van der Waals surface area contributed by atoms with Crippen LogP contribution in [0.3, 0.4) is 0 Å². The van der Waals surface area contributed by atoms with Gasteiger partial charge >= 0.3 is 5.97 Å². The van der Waals surface area contributed by atoms with Gasteiger partial charge in [-0.2, -0.15) is 0 Å². The molecule has 0 saturated carbocycles. The quantitative estimate of drug-likeness (QED) is 0.535. The summed E-state index contributed by atoms with van der Waals surface area (Å²) >= 11 is 0. The number of hydrogen-bond acceptors (Lipinski definition) is 4. The maximum Gasteiger partial charge on any atom is 0.329 e. The second kappa shape index (κ2) is 8.56. The summed E-state index contributed by atoms with van der Waals surface area (Å²) in [5, 5.41) is 11.0. The molecule has 1 amide bonds. The van der Waals surface area contributed by atoms with Gasteiger partial charge in [-0.25, -0.2) is 4.79 Å². The molecule has 0 spiro atoms. The number of nitrogens with one attached hydrogen (secondary N) is 1. The molecule has 0 fully saturated rings. The first kappa shape index (κ1) is 15.5. The lowest BCUT2D eigenvalue weighted by atomic mass is 10.2. The molecule has 0 aromatic heterocycles. The van der Waals surface area contributed by atoms with Crippen LogP contribution < -0.4 is 10.1 Å². The van der Waals surface area contributed by atoms with Crippen LogP contribution in [-0.2, 0) is 9.53 Å². The van der Waals surface area contributed by atoms with E-state index in [0.29, 0.717) is 11.3 Å². The van der Waals surface area contributed by atoms with Crippen molar-refractivity contribution in [2.45, 2.75) is 0 Å². The zero-order valence-electron chi connectivity index (χ0n) is 10.8. The van der Waals surface area contributed by atoms with Crippen LogP contribution in [0.2, 0.25) is 0 Å². The fourth-order valence-electron chi connectivity index (χ4n) is 1.33. The van der Waals surface area contributed by atoms with Gasteiger partial charge < -0.3 is 19.9 Å². The van der Waals surface area contributed by atoms with Gasteiger partial charge in [0.1, 0.15) is 19.0 Å². The molecule has 1 rings (SSSR count). The van der Waals surface area contributed by atoms with Crippen molar-refractivity contribution in [1.29, 1.82) is 0 Å². The number of carbonyl (C=O) groups excluding carboxylic acids is 1. The first-order valence-corrected chi connectivity index (χ1v) is 5.87. The average Bonchev–Trinajstić information content (AvgIpc) is 2.44. The topological polar surface area (TPSA) is 84.9 Å². The third kappa shape index (κ3) is 5.89. The highest BCUT2D eigenvalue weighted by Gasteiger charge is 2.05. The predicted octanol–water partition coefficient (Wildman–Crippen LogP) is 0.530. The standard InChI is InChI=1S/C14H15NO5/c1-2-8-20-12-5-3-11(4-6-12)14(18)15-7-9-19-10-13(16)17/h1,3-6H,7-10H2,(H,15,18)(H,16,17). The first-order chi connectivity index (χ1) is 9.63. The SMILES string of the molecule is C#CCOc1ccc(C(=O)NCCOCC(=O)O)cc1. The smallest absolute Gasteiger partial charge is 0.329 e. The van der Waals surface area contributed by atoms with Crippen molar-refractivity contribution in [3.63, 3.8) is 0 Å². The minimum Gasteiger partial charge on any atom is -0.481 e. The van der Waals surface area contributed by atoms with Crippen LogP contribution in [0.25, 0.3) is 0 Å². The molecule has 106 valence electrons. The Balaban J connectivity index is 2.32. The molecule has 1 aromatic rings. The van der Waals surface area contributed by atoms with E-state index in [1.54, 1.807) is 24.3 Å². The molecule has 0 aliphatic rings. The minimum atomic E-state index is -1.04. The molecule has 0 atom stereocenters. The average molecular weight is 277 g/mol. The van der Waals surface area contributed by atoms with Crippen molar-refractivity contribution in [1.82, 2.24) is 5.32 Å². The van der Waals surface area contributed by atoms with Crippen LogP contribution in [0, 0.1) is 12.3 Å². The Bertz CT molecular complexity index is 489. The summed E-state index contributed by atoms with van der Waals surface area (Å²) in [7, 11) is 0. The van der Waals surface area contributed by atoms with Gasteiger partial charge in [-0.1, -0.05) is 5.92 Å². The zero-order valence-corrected chi connectivity index (χ0v) is 10.8. The monoisotopic (exact) mass is 277 g/mol. The van der Waals surface area contributed by atoms with E-state index in [0.717, 1.165) is 0 Å². The number of carbonyl (C=O) groups is 2. The van der Waals surface area contributed by atoms with Gasteiger partial charge in [0.25, 0.3) is 5.91 Å². The normalized spacial score (nSPS) is 9.55. The number of aliphatic carboxylic acids is 1. The lowest BCUT2D eigenvalue weighted by Gasteiger charge is -2.06. The molecule has 0 heterocycles. The summed E-state index contributed by atoms with van der Waals surface area (Å²) in [5.74, 6) is 1.62. The Morgan fingerprint density at radius 2 is 2.00 bits per heavy atom. The number of rotatable bonds is 8. The molecular weight excluding hydrogens is 262 g/mol. The molecule has 0 saturated heterocycles. The molecule has 6 nitrogen and oxygen atoms in total. The largest absolute Gasteiger partial charge is 0.481 e. The zero-order chi connectivity index (χ0) is 14.8. The molecule has 1 aromatic carbocycles. The highest BCUT2D eigenvalue weighted by molar-refractivity contribution is 5.94. The predicted molar refractivity (Wildman–Crippen MR) is 71.6 cm³/mol. The Morgan fingerprint density at radius 1 is 1.30 bits per heavy atom. The van der Waals surface area contributed by atoms with E-state index in [-0.39, 0.29) is 32.3 Å². The van der Waals surface area contributed by atoms with Crippen LogP contribution >= 0.6 is 0 Å². The fourth-order valence-corrected chi connectivity index (χ4v) is 1.33. The summed E-state index contributed by atoms with van der Waals surface area (Å²) in [6.45, 7) is 0.173. The Kier molecular flexibility index (Phi) is 6.65. The number of carboxylic acid groups (broad SMARTS) is 1. The van der Waals surface area contributed by atoms with Gasteiger partial charge in [-0.3, -0.25) is 4.79 Å². The van der Waals surface area contributed by atoms with Crippen LogP contribution in [-0.4, -0.2) is 43.3 Å². The van der Waals surface area contributed by atoms with E-state index in [1.165, 1.54) is 0 Å². The summed E-state index contributed by atoms with van der Waals surface area (Å²) in [6.07, 6.45) is 5.06. The van der Waals surface area contributed by atoms with Gasteiger partial charge in [-0.15, -0.1) is 6.42 Å². The van der Waals surface area contributed by atoms with Crippen LogP contribution in [0.15, 0.2) is 24.3 Å². The van der Waals surface area contributed by atoms with E-state index in [2.05, 4.69) is 11.2 Å². The van der Waals surface area contributed by atoms with Crippen LogP contribution in [0.5, 0.6) is 5.75 Å². The minimum absolute atomic E-state index is 0.140. The lowest BCUT2D eigenvalue weighted by molar-refractivity contribution is -0.142. The highest BCUT2D eigenvalue weighted by atomic mass is 16.5. The van der Waals surface area contributed by atoms with E-state index in [1.807, 2.05) is 0 Å². The number of terminal acetylenes is 1. The second-order valence-electron chi connectivity index (χ2n) is 3.72. The van der Waals surface area contributed by atoms with E-state index in [9.17, 15) is 9.59 Å². The van der Waals surface area contributed by atoms with E-state index in [4.69, 9.17) is 21.0 Å². The molecule has 0 aliphatic carbocycles. The Hall–Kier alpha value is -2.52. The van der Waals surface area contributed by atoms with Crippen molar-refractivity contribution in [2.75, 3.05) is 26.4 Å².